The number of aryl methyl sites for hydroxylation is 1. The molecular weight excluding hydrogens is 388 g/mol. The SMILES string of the molecule is Cn1nccc1C(=O)Cc1ccc2cc(-c3ccc(N4CCOCC4)cc3)cnc2c1. The summed E-state index contributed by atoms with van der Waals surface area (Å²) in [6, 6.07) is 18.6. The van der Waals surface area contributed by atoms with Crippen molar-refractivity contribution in [3.05, 3.63) is 78.2 Å². The Morgan fingerprint density at radius 3 is 2.55 bits per heavy atom. The van der Waals surface area contributed by atoms with Crippen LogP contribution in [0.25, 0.3) is 22.0 Å². The Hall–Kier alpha value is -3.51. The molecule has 31 heavy (non-hydrogen) atoms. The van der Waals surface area contributed by atoms with Crippen LogP contribution in [0.15, 0.2) is 67.0 Å². The smallest absolute Gasteiger partial charge is 0.185 e. The standard InChI is InChI=1S/C25H24N4O2/c1-28-24(8-9-27-28)25(30)15-18-2-3-20-16-21(17-26-23(20)14-18)19-4-6-22(7-5-19)29-10-12-31-13-11-29/h2-9,14,16-17H,10-13,15H2,1H3. The molecule has 0 saturated carbocycles. The fourth-order valence-corrected chi connectivity index (χ4v) is 4.04. The molecule has 4 aromatic rings. The van der Waals surface area contributed by atoms with Crippen LogP contribution in [0.4, 0.5) is 5.69 Å². The van der Waals surface area contributed by atoms with Gasteiger partial charge in [0.1, 0.15) is 5.69 Å². The second kappa shape index (κ2) is 8.32. The molecule has 3 heterocycles. The number of pyridine rings is 1. The Kier molecular flexibility index (Phi) is 5.22. The summed E-state index contributed by atoms with van der Waals surface area (Å²) < 4.78 is 7.05. The summed E-state index contributed by atoms with van der Waals surface area (Å²) >= 11 is 0. The number of hydrogen-bond acceptors (Lipinski definition) is 5. The van der Waals surface area contributed by atoms with Crippen LogP contribution in [0, 0.1) is 0 Å². The summed E-state index contributed by atoms with van der Waals surface area (Å²) in [5, 5.41) is 5.14. The molecule has 1 aliphatic heterocycles. The Bertz CT molecular complexity index is 1220. The number of ether oxygens (including phenoxy) is 1. The van der Waals surface area contributed by atoms with Gasteiger partial charge < -0.3 is 9.64 Å². The van der Waals surface area contributed by atoms with Gasteiger partial charge in [0.2, 0.25) is 0 Å². The van der Waals surface area contributed by atoms with Gasteiger partial charge in [-0.3, -0.25) is 14.5 Å². The Morgan fingerprint density at radius 2 is 1.81 bits per heavy atom. The first-order valence-electron chi connectivity index (χ1n) is 10.5. The molecule has 0 aliphatic carbocycles. The van der Waals surface area contributed by atoms with E-state index >= 15 is 0 Å². The Labute approximate surface area is 181 Å². The minimum Gasteiger partial charge on any atom is -0.378 e. The molecule has 0 bridgehead atoms. The topological polar surface area (TPSA) is 60.2 Å². The van der Waals surface area contributed by atoms with Gasteiger partial charge in [-0.25, -0.2) is 0 Å². The lowest BCUT2D eigenvalue weighted by atomic mass is 10.0. The first kappa shape index (κ1) is 19.5. The van der Waals surface area contributed by atoms with Crippen molar-refractivity contribution >= 4 is 22.4 Å². The molecule has 0 atom stereocenters. The molecule has 6 heteroatoms. The van der Waals surface area contributed by atoms with Crippen molar-refractivity contribution < 1.29 is 9.53 Å². The highest BCUT2D eigenvalue weighted by Crippen LogP contribution is 2.26. The quantitative estimate of drug-likeness (QED) is 0.466. The summed E-state index contributed by atoms with van der Waals surface area (Å²) in [7, 11) is 1.78. The first-order chi connectivity index (χ1) is 15.2. The number of hydrogen-bond donors (Lipinski definition) is 0. The van der Waals surface area contributed by atoms with Crippen LogP contribution < -0.4 is 4.90 Å². The van der Waals surface area contributed by atoms with Gasteiger partial charge in [0.15, 0.2) is 5.78 Å². The molecule has 0 unspecified atom stereocenters. The predicted octanol–water partition coefficient (Wildman–Crippen LogP) is 3.90. The summed E-state index contributed by atoms with van der Waals surface area (Å²) in [4.78, 5) is 19.5. The number of benzene rings is 2. The molecule has 2 aromatic carbocycles. The zero-order valence-corrected chi connectivity index (χ0v) is 17.5. The molecule has 1 saturated heterocycles. The number of anilines is 1. The van der Waals surface area contributed by atoms with Gasteiger partial charge in [-0.2, -0.15) is 5.10 Å². The Balaban J connectivity index is 1.35. The maximum absolute atomic E-state index is 12.5. The van der Waals surface area contributed by atoms with Crippen molar-refractivity contribution in [2.45, 2.75) is 6.42 Å². The monoisotopic (exact) mass is 412 g/mol. The average molecular weight is 412 g/mol. The average Bonchev–Trinajstić information content (AvgIpc) is 3.25. The predicted molar refractivity (Wildman–Crippen MR) is 121 cm³/mol. The van der Waals surface area contributed by atoms with Crippen molar-refractivity contribution in [3.8, 4) is 11.1 Å². The third-order valence-electron chi connectivity index (χ3n) is 5.80. The Morgan fingerprint density at radius 1 is 1.00 bits per heavy atom. The first-order valence-corrected chi connectivity index (χ1v) is 10.5. The van der Waals surface area contributed by atoms with Crippen molar-refractivity contribution in [1.29, 1.82) is 0 Å². The zero-order chi connectivity index (χ0) is 21.2. The molecule has 0 radical (unpaired) electrons. The number of rotatable bonds is 5. The van der Waals surface area contributed by atoms with Crippen LogP contribution in [0.5, 0.6) is 0 Å². The molecule has 2 aromatic heterocycles. The molecule has 156 valence electrons. The van der Waals surface area contributed by atoms with Crippen LogP contribution in [0.3, 0.4) is 0 Å². The lowest BCUT2D eigenvalue weighted by Gasteiger charge is -2.28. The highest BCUT2D eigenvalue weighted by atomic mass is 16.5. The minimum atomic E-state index is 0.0522. The molecule has 0 amide bonds. The van der Waals surface area contributed by atoms with Gasteiger partial charge in [-0.1, -0.05) is 24.3 Å². The van der Waals surface area contributed by atoms with Gasteiger partial charge in [0, 0.05) is 55.6 Å². The van der Waals surface area contributed by atoms with E-state index in [9.17, 15) is 4.79 Å². The van der Waals surface area contributed by atoms with Crippen LogP contribution in [0.2, 0.25) is 0 Å². The van der Waals surface area contributed by atoms with Crippen molar-refractivity contribution in [1.82, 2.24) is 14.8 Å². The minimum absolute atomic E-state index is 0.0522. The van der Waals surface area contributed by atoms with Crippen LogP contribution in [-0.2, 0) is 18.2 Å². The van der Waals surface area contributed by atoms with Gasteiger partial charge in [-0.15, -0.1) is 0 Å². The molecule has 0 spiro atoms. The van der Waals surface area contributed by atoms with Gasteiger partial charge in [-0.05, 0) is 41.5 Å². The number of carbonyl (C=O) groups excluding carboxylic acids is 1. The van der Waals surface area contributed by atoms with Crippen LogP contribution in [-0.4, -0.2) is 46.9 Å². The van der Waals surface area contributed by atoms with E-state index < -0.39 is 0 Å². The van der Waals surface area contributed by atoms with Crippen molar-refractivity contribution in [2.75, 3.05) is 31.2 Å². The fourth-order valence-electron chi connectivity index (χ4n) is 4.04. The molecule has 5 rings (SSSR count). The molecule has 1 aliphatic rings. The van der Waals surface area contributed by atoms with E-state index in [0.717, 1.165) is 53.9 Å². The normalized spacial score (nSPS) is 14.2. The summed E-state index contributed by atoms with van der Waals surface area (Å²) in [6.07, 6.45) is 3.88. The number of nitrogens with zero attached hydrogens (tertiary/aromatic N) is 4. The number of morpholine rings is 1. The fraction of sp³-hybridized carbons (Fsp3) is 0.240. The van der Waals surface area contributed by atoms with E-state index in [0.29, 0.717) is 12.1 Å². The number of ketones is 1. The lowest BCUT2D eigenvalue weighted by molar-refractivity contribution is 0.0984. The maximum Gasteiger partial charge on any atom is 0.185 e. The van der Waals surface area contributed by atoms with Crippen LogP contribution in [0.1, 0.15) is 16.1 Å². The third-order valence-corrected chi connectivity index (χ3v) is 5.80. The van der Waals surface area contributed by atoms with Crippen molar-refractivity contribution in [3.63, 3.8) is 0 Å². The molecular formula is C25H24N4O2. The zero-order valence-electron chi connectivity index (χ0n) is 17.5. The van der Waals surface area contributed by atoms with E-state index in [1.165, 1.54) is 5.69 Å². The summed E-state index contributed by atoms with van der Waals surface area (Å²) in [5.74, 6) is 0.0522. The molecule has 1 fully saturated rings. The largest absolute Gasteiger partial charge is 0.378 e. The van der Waals surface area contributed by atoms with E-state index in [-0.39, 0.29) is 5.78 Å². The van der Waals surface area contributed by atoms with Gasteiger partial charge >= 0.3 is 0 Å². The number of fused-ring (bicyclic) bond motifs is 1. The number of aromatic nitrogens is 3. The number of Topliss-reactive ketones (excluding diaryl/α,β-unsaturated/α-hetero) is 1. The highest BCUT2D eigenvalue weighted by Gasteiger charge is 2.13. The van der Waals surface area contributed by atoms with Crippen LogP contribution >= 0.6 is 0 Å². The molecule has 6 nitrogen and oxygen atoms in total. The third kappa shape index (κ3) is 4.07. The maximum atomic E-state index is 12.5. The summed E-state index contributed by atoms with van der Waals surface area (Å²) in [5.41, 5.74) is 5.91. The van der Waals surface area contributed by atoms with Gasteiger partial charge in [0.25, 0.3) is 0 Å². The van der Waals surface area contributed by atoms with E-state index in [4.69, 9.17) is 4.74 Å². The number of carbonyl (C=O) groups is 1. The second-order valence-corrected chi connectivity index (χ2v) is 7.84. The van der Waals surface area contributed by atoms with E-state index in [2.05, 4.69) is 45.3 Å². The summed E-state index contributed by atoms with van der Waals surface area (Å²) in [6.45, 7) is 3.43. The van der Waals surface area contributed by atoms with E-state index in [1.54, 1.807) is 24.0 Å². The van der Waals surface area contributed by atoms with E-state index in [1.807, 2.05) is 24.4 Å². The van der Waals surface area contributed by atoms with Gasteiger partial charge in [0.05, 0.1) is 18.7 Å². The molecule has 0 N–H and O–H groups in total. The second-order valence-electron chi connectivity index (χ2n) is 7.84. The van der Waals surface area contributed by atoms with Crippen molar-refractivity contribution in [2.24, 2.45) is 7.05 Å². The lowest BCUT2D eigenvalue weighted by Crippen LogP contribution is -2.36. The highest BCUT2D eigenvalue weighted by molar-refractivity contribution is 5.96.